The number of nitrogens with zero attached hydrogens (tertiary/aromatic N) is 1. The van der Waals surface area contributed by atoms with Gasteiger partial charge < -0.3 is 9.47 Å². The first-order valence-electron chi connectivity index (χ1n) is 9.29. The van der Waals surface area contributed by atoms with Gasteiger partial charge in [0.15, 0.2) is 0 Å². The van der Waals surface area contributed by atoms with Gasteiger partial charge in [0.25, 0.3) is 5.69 Å². The summed E-state index contributed by atoms with van der Waals surface area (Å²) in [6, 6.07) is 9.91. The number of esters is 1. The van der Waals surface area contributed by atoms with Gasteiger partial charge >= 0.3 is 5.97 Å². The van der Waals surface area contributed by atoms with Crippen molar-refractivity contribution >= 4 is 35.2 Å². The van der Waals surface area contributed by atoms with Gasteiger partial charge in [-0.1, -0.05) is 11.8 Å². The van der Waals surface area contributed by atoms with Gasteiger partial charge in [0.1, 0.15) is 11.3 Å². The second-order valence-electron chi connectivity index (χ2n) is 6.43. The van der Waals surface area contributed by atoms with E-state index in [-0.39, 0.29) is 27.5 Å². The lowest BCUT2D eigenvalue weighted by Crippen LogP contribution is -2.26. The Morgan fingerprint density at radius 3 is 2.67 bits per heavy atom. The maximum atomic E-state index is 11.9. The summed E-state index contributed by atoms with van der Waals surface area (Å²) in [5.41, 5.74) is 1.97. The van der Waals surface area contributed by atoms with Gasteiger partial charge in [-0.25, -0.2) is 4.79 Å². The summed E-state index contributed by atoms with van der Waals surface area (Å²) in [6.45, 7) is 2.54. The van der Waals surface area contributed by atoms with E-state index in [1.54, 1.807) is 30.4 Å². The predicted octanol–water partition coefficient (Wildman–Crippen LogP) is 4.83. The second-order valence-corrected chi connectivity index (χ2v) is 8.90. The minimum absolute atomic E-state index is 0.0987. The Kier molecular flexibility index (Phi) is 6.95. The molecule has 0 unspecified atom stereocenters. The Morgan fingerprint density at radius 1 is 1.23 bits per heavy atom. The van der Waals surface area contributed by atoms with Crippen LogP contribution in [0.3, 0.4) is 0 Å². The SMILES string of the molecule is CCOC(=O)c1ccc(C#Cc2ccc3c(c2)C(SC)(SC)CCO3)c([N+](=O)[O-])c1. The minimum atomic E-state index is -0.597. The number of hydrogen-bond acceptors (Lipinski definition) is 7. The molecule has 0 N–H and O–H groups in total. The number of thioether (sulfide) groups is 2. The first kappa shape index (κ1) is 22.1. The number of ether oxygens (including phenoxy) is 2. The maximum absolute atomic E-state index is 11.9. The molecule has 1 aliphatic rings. The number of hydrogen-bond donors (Lipinski definition) is 0. The van der Waals surface area contributed by atoms with Crippen molar-refractivity contribution in [1.82, 2.24) is 0 Å². The van der Waals surface area contributed by atoms with Crippen molar-refractivity contribution in [3.63, 3.8) is 0 Å². The van der Waals surface area contributed by atoms with E-state index in [2.05, 4.69) is 24.4 Å². The molecular formula is C22H21NO5S2. The molecule has 2 aromatic rings. The molecule has 0 fully saturated rings. The average Bonchev–Trinajstić information content (AvgIpc) is 2.77. The van der Waals surface area contributed by atoms with E-state index in [1.807, 2.05) is 18.2 Å². The Labute approximate surface area is 183 Å². The molecule has 0 saturated carbocycles. The molecule has 1 aliphatic heterocycles. The van der Waals surface area contributed by atoms with E-state index in [0.29, 0.717) is 6.61 Å². The van der Waals surface area contributed by atoms with Crippen molar-refractivity contribution in [2.24, 2.45) is 0 Å². The Bertz CT molecular complexity index is 1040. The molecule has 0 bridgehead atoms. The minimum Gasteiger partial charge on any atom is -0.493 e. The van der Waals surface area contributed by atoms with Gasteiger partial charge in [-0.2, -0.15) is 0 Å². The molecule has 0 spiro atoms. The highest BCUT2D eigenvalue weighted by Gasteiger charge is 2.36. The third-order valence-electron chi connectivity index (χ3n) is 4.79. The molecule has 6 nitrogen and oxygen atoms in total. The van der Waals surface area contributed by atoms with Crippen molar-refractivity contribution in [2.45, 2.75) is 17.4 Å². The highest BCUT2D eigenvalue weighted by molar-refractivity contribution is 8.16. The zero-order valence-electron chi connectivity index (χ0n) is 16.9. The molecule has 2 aromatic carbocycles. The number of benzene rings is 2. The van der Waals surface area contributed by atoms with Gasteiger partial charge in [0.05, 0.1) is 27.8 Å². The topological polar surface area (TPSA) is 78.7 Å². The Hall–Kier alpha value is -2.63. The fourth-order valence-corrected chi connectivity index (χ4v) is 5.24. The van der Waals surface area contributed by atoms with Crippen LogP contribution < -0.4 is 4.74 Å². The molecule has 8 heteroatoms. The molecule has 0 atom stereocenters. The van der Waals surface area contributed by atoms with E-state index >= 15 is 0 Å². The van der Waals surface area contributed by atoms with E-state index in [4.69, 9.17) is 9.47 Å². The smallest absolute Gasteiger partial charge is 0.338 e. The van der Waals surface area contributed by atoms with Crippen molar-refractivity contribution in [3.05, 3.63) is 68.8 Å². The van der Waals surface area contributed by atoms with Gasteiger partial charge in [-0.15, -0.1) is 23.5 Å². The maximum Gasteiger partial charge on any atom is 0.338 e. The summed E-state index contributed by atoms with van der Waals surface area (Å²) < 4.78 is 10.6. The van der Waals surface area contributed by atoms with Crippen LogP contribution in [0, 0.1) is 22.0 Å². The quantitative estimate of drug-likeness (QED) is 0.215. The third-order valence-corrected chi connectivity index (χ3v) is 7.95. The van der Waals surface area contributed by atoms with Crippen LogP contribution in [0.2, 0.25) is 0 Å². The molecule has 156 valence electrons. The van der Waals surface area contributed by atoms with Crippen molar-refractivity contribution < 1.29 is 19.2 Å². The van der Waals surface area contributed by atoms with Crippen LogP contribution in [0.25, 0.3) is 0 Å². The monoisotopic (exact) mass is 443 g/mol. The third kappa shape index (κ3) is 4.42. The molecule has 0 aliphatic carbocycles. The fourth-order valence-electron chi connectivity index (χ4n) is 3.24. The zero-order chi connectivity index (χ0) is 21.7. The standard InChI is InChI=1S/C22H21NO5S2/c1-4-27-21(24)17-9-8-16(19(14-17)23(25)26)7-5-15-6-10-20-18(13-15)22(29-2,30-3)11-12-28-20/h6,8-10,13-14H,4,11-12H2,1-3H3. The molecular weight excluding hydrogens is 422 g/mol. The van der Waals surface area contributed by atoms with Crippen LogP contribution in [-0.4, -0.2) is 36.6 Å². The average molecular weight is 444 g/mol. The van der Waals surface area contributed by atoms with Gasteiger partial charge in [-0.3, -0.25) is 10.1 Å². The summed E-state index contributed by atoms with van der Waals surface area (Å²) in [4.78, 5) is 22.8. The number of rotatable bonds is 5. The van der Waals surface area contributed by atoms with Crippen molar-refractivity contribution in [3.8, 4) is 17.6 Å². The van der Waals surface area contributed by atoms with Gasteiger partial charge in [0, 0.05) is 23.6 Å². The molecule has 3 rings (SSSR count). The predicted molar refractivity (Wildman–Crippen MR) is 120 cm³/mol. The summed E-state index contributed by atoms with van der Waals surface area (Å²) in [5.74, 6) is 6.15. The highest BCUT2D eigenvalue weighted by Crippen LogP contribution is 2.52. The normalized spacial score (nSPS) is 14.0. The lowest BCUT2D eigenvalue weighted by Gasteiger charge is -2.36. The van der Waals surface area contributed by atoms with Crippen LogP contribution in [-0.2, 0) is 8.82 Å². The number of carbonyl (C=O) groups is 1. The number of nitro benzene ring substituents is 1. The van der Waals surface area contributed by atoms with Crippen molar-refractivity contribution in [2.75, 3.05) is 25.7 Å². The lowest BCUT2D eigenvalue weighted by molar-refractivity contribution is -0.385. The summed E-state index contributed by atoms with van der Waals surface area (Å²) in [5, 5.41) is 11.5. The van der Waals surface area contributed by atoms with Crippen LogP contribution in [0.4, 0.5) is 5.69 Å². The number of fused-ring (bicyclic) bond motifs is 1. The largest absolute Gasteiger partial charge is 0.493 e. The summed E-state index contributed by atoms with van der Waals surface area (Å²) in [7, 11) is 0. The van der Waals surface area contributed by atoms with Crippen molar-refractivity contribution in [1.29, 1.82) is 0 Å². The van der Waals surface area contributed by atoms with Crippen LogP contribution >= 0.6 is 23.5 Å². The molecule has 0 radical (unpaired) electrons. The fraction of sp³-hybridized carbons (Fsp3) is 0.318. The summed E-state index contributed by atoms with van der Waals surface area (Å²) >= 11 is 3.55. The van der Waals surface area contributed by atoms with Gasteiger partial charge in [-0.05, 0) is 49.8 Å². The highest BCUT2D eigenvalue weighted by atomic mass is 32.2. The van der Waals surface area contributed by atoms with E-state index in [1.165, 1.54) is 18.2 Å². The molecule has 30 heavy (non-hydrogen) atoms. The van der Waals surface area contributed by atoms with E-state index in [9.17, 15) is 14.9 Å². The van der Waals surface area contributed by atoms with Crippen LogP contribution in [0.5, 0.6) is 5.75 Å². The van der Waals surface area contributed by atoms with E-state index in [0.717, 1.165) is 23.3 Å². The second kappa shape index (κ2) is 9.45. The van der Waals surface area contributed by atoms with E-state index < -0.39 is 10.9 Å². The summed E-state index contributed by atoms with van der Waals surface area (Å²) in [6.07, 6.45) is 5.05. The molecule has 0 amide bonds. The first-order chi connectivity index (χ1) is 14.4. The first-order valence-corrected chi connectivity index (χ1v) is 11.7. The van der Waals surface area contributed by atoms with Gasteiger partial charge in [0.2, 0.25) is 0 Å². The van der Waals surface area contributed by atoms with Crippen LogP contribution in [0.1, 0.15) is 40.4 Å². The number of nitro groups is 1. The molecule has 1 heterocycles. The molecule has 0 saturated heterocycles. The van der Waals surface area contributed by atoms with Crippen LogP contribution in [0.15, 0.2) is 36.4 Å². The lowest BCUT2D eigenvalue weighted by atomic mass is 10.0. The Morgan fingerprint density at radius 2 is 2.00 bits per heavy atom. The molecule has 0 aromatic heterocycles. The zero-order valence-corrected chi connectivity index (χ0v) is 18.5. The Balaban J connectivity index is 1.98. The number of carbonyl (C=O) groups excluding carboxylic acids is 1.